The summed E-state index contributed by atoms with van der Waals surface area (Å²) in [5.41, 5.74) is 10.8. The molecule has 3 amide bonds. The van der Waals surface area contributed by atoms with E-state index in [4.69, 9.17) is 14.5 Å². The molecular formula is C43H57N7O6S. The average molecular weight is 800 g/mol. The van der Waals surface area contributed by atoms with Crippen LogP contribution in [0.5, 0.6) is 0 Å². The first-order chi connectivity index (χ1) is 27.1. The van der Waals surface area contributed by atoms with E-state index in [0.717, 1.165) is 56.2 Å². The number of rotatable bonds is 8. The molecule has 6 rings (SSSR count). The summed E-state index contributed by atoms with van der Waals surface area (Å²) in [5, 5.41) is 11.9. The zero-order valence-electron chi connectivity index (χ0n) is 34.7. The van der Waals surface area contributed by atoms with Crippen molar-refractivity contribution in [3.8, 4) is 11.3 Å². The van der Waals surface area contributed by atoms with Crippen LogP contribution in [0.15, 0.2) is 52.7 Å². The molecule has 3 aliphatic rings. The van der Waals surface area contributed by atoms with E-state index in [2.05, 4.69) is 78.7 Å². The van der Waals surface area contributed by atoms with Gasteiger partial charge in [-0.3, -0.25) is 24.2 Å². The quantitative estimate of drug-likeness (QED) is 0.203. The second-order valence-corrected chi connectivity index (χ2v) is 17.2. The van der Waals surface area contributed by atoms with Gasteiger partial charge in [0.2, 0.25) is 11.8 Å². The van der Waals surface area contributed by atoms with Crippen LogP contribution in [0, 0.1) is 11.3 Å². The van der Waals surface area contributed by atoms with Crippen LogP contribution in [-0.4, -0.2) is 95.7 Å². The van der Waals surface area contributed by atoms with Gasteiger partial charge in [-0.15, -0.1) is 11.3 Å². The molecule has 57 heavy (non-hydrogen) atoms. The van der Waals surface area contributed by atoms with Crippen molar-refractivity contribution in [3.63, 3.8) is 0 Å². The molecule has 1 aromatic carbocycles. The highest BCUT2D eigenvalue weighted by Crippen LogP contribution is 2.40. The number of carbonyl (C=O) groups excluding carboxylic acids is 4. The van der Waals surface area contributed by atoms with Crippen molar-refractivity contribution in [3.05, 3.63) is 69.0 Å². The molecule has 0 unspecified atom stereocenters. The molecule has 14 heteroatoms. The second kappa shape index (κ2) is 17.4. The van der Waals surface area contributed by atoms with Crippen molar-refractivity contribution in [1.82, 2.24) is 35.5 Å². The number of esters is 1. The number of ether oxygens (including phenoxy) is 2. The molecule has 13 nitrogen and oxygen atoms in total. The number of hydrogen-bond donors (Lipinski definition) is 3. The Kier molecular flexibility index (Phi) is 12.7. The van der Waals surface area contributed by atoms with Crippen LogP contribution in [0.3, 0.4) is 0 Å². The van der Waals surface area contributed by atoms with E-state index in [1.807, 2.05) is 5.38 Å². The van der Waals surface area contributed by atoms with Gasteiger partial charge in [0.1, 0.15) is 11.7 Å². The van der Waals surface area contributed by atoms with Gasteiger partial charge < -0.3 is 29.6 Å². The molecule has 3 aromatic rings. The maximum atomic E-state index is 14.3. The van der Waals surface area contributed by atoms with E-state index in [0.29, 0.717) is 37.9 Å². The zero-order valence-corrected chi connectivity index (χ0v) is 35.5. The number of thiazole rings is 1. The number of cyclic esters (lactones) is 1. The van der Waals surface area contributed by atoms with E-state index in [1.165, 1.54) is 28.2 Å². The Bertz CT molecular complexity index is 2140. The topological polar surface area (TPSA) is 147 Å². The molecule has 5 heterocycles. The average Bonchev–Trinajstić information content (AvgIpc) is 3.79. The zero-order chi connectivity index (χ0) is 41.2. The minimum atomic E-state index is -0.710. The molecule has 0 aliphatic carbocycles. The van der Waals surface area contributed by atoms with Gasteiger partial charge in [-0.1, -0.05) is 32.1 Å². The predicted octanol–water partition coefficient (Wildman–Crippen LogP) is 5.36. The molecule has 1 saturated heterocycles. The molecule has 3 aliphatic heterocycles. The number of likely N-dealkylation sites (N-methyl/N-ethyl adjacent to an activating group) is 1. The molecule has 6 bridgehead atoms. The summed E-state index contributed by atoms with van der Waals surface area (Å²) in [4.78, 5) is 60.1. The summed E-state index contributed by atoms with van der Waals surface area (Å²) in [6.07, 6.45) is 6.18. The molecule has 2 aromatic heterocycles. The number of amides is 3. The third-order valence-corrected chi connectivity index (χ3v) is 12.0. The molecule has 0 spiro atoms. The number of fused-ring (bicyclic) bond motifs is 6. The lowest BCUT2D eigenvalue weighted by atomic mass is 9.84. The summed E-state index contributed by atoms with van der Waals surface area (Å²) in [6.45, 7) is 15.4. The molecule has 3 N–H and O–H groups in total. The largest absolute Gasteiger partial charge is 0.464 e. The standard InChI is InChI=1S/C43H57N7O6S/c1-10-49-35-16-15-28-19-31(35)32(39(49)30-13-11-17-44-37(30)26(4)55-9)21-43(6,7)24-56-42(54)33-14-12-18-50(47-33)41(53)29(20-36-46-34(28)23-57-36)22-45-40(52)38(25(2)3)48(8)27(5)51/h11,13,15-16,19,23,26,29,33,44,47H,10,12,14,17-18,20-22,24H2,1-9H3,(H,45,52)/t26-,29+,33-/m0/s1. The van der Waals surface area contributed by atoms with Crippen molar-refractivity contribution < 1.29 is 28.7 Å². The fraction of sp³-hybridized carbons (Fsp3) is 0.512. The number of dihydropyridines is 1. The van der Waals surface area contributed by atoms with Gasteiger partial charge in [0.15, 0.2) is 0 Å². The van der Waals surface area contributed by atoms with Crippen LogP contribution in [0.4, 0.5) is 0 Å². The number of aryl methyl sites for hydroxylation is 1. The number of nitrogens with zero attached hydrogens (tertiary/aromatic N) is 4. The summed E-state index contributed by atoms with van der Waals surface area (Å²) in [6, 6.07) is 5.76. The van der Waals surface area contributed by atoms with Crippen molar-refractivity contribution in [2.75, 3.05) is 40.4 Å². The van der Waals surface area contributed by atoms with Gasteiger partial charge >= 0.3 is 5.97 Å². The Morgan fingerprint density at radius 1 is 1.21 bits per heavy atom. The van der Waals surface area contributed by atoms with E-state index in [-0.39, 0.29) is 43.2 Å². The molecule has 1 fully saturated rings. The minimum absolute atomic E-state index is 0.00203. The number of hydrazine groups is 1. The Balaban J connectivity index is 1.45. The van der Waals surface area contributed by atoms with E-state index in [1.54, 1.807) is 28.0 Å². The normalized spacial score (nSPS) is 20.4. The van der Waals surface area contributed by atoms with Gasteiger partial charge in [-0.2, -0.15) is 0 Å². The minimum Gasteiger partial charge on any atom is -0.464 e. The Hall–Kier alpha value is -4.79. The molecular weight excluding hydrogens is 743 g/mol. The lowest BCUT2D eigenvalue weighted by Gasteiger charge is -2.35. The smallest absolute Gasteiger partial charge is 0.324 e. The predicted molar refractivity (Wildman–Crippen MR) is 223 cm³/mol. The Morgan fingerprint density at radius 2 is 1.98 bits per heavy atom. The fourth-order valence-corrected chi connectivity index (χ4v) is 8.90. The molecule has 306 valence electrons. The number of benzene rings is 1. The van der Waals surface area contributed by atoms with Crippen molar-refractivity contribution >= 4 is 51.5 Å². The van der Waals surface area contributed by atoms with Crippen LogP contribution in [0.1, 0.15) is 77.6 Å². The van der Waals surface area contributed by atoms with Gasteiger partial charge in [0.05, 0.1) is 35.0 Å². The maximum Gasteiger partial charge on any atom is 0.324 e. The SMILES string of the molecule is CCn1c(C2=C([C@H](C)OC)NCC=C2)c2c3cc(ccc31)-c1csc(n1)C[C@H](CNC(=O)C(=C(C)C)N(C)C(C)=O)C(=O)N1CCC[C@H](N1)C(=O)OCC(C)(C)C2. The molecule has 0 radical (unpaired) electrons. The van der Waals surface area contributed by atoms with E-state index < -0.39 is 29.3 Å². The number of carbonyl (C=O) groups is 4. The highest BCUT2D eigenvalue weighted by Gasteiger charge is 2.36. The van der Waals surface area contributed by atoms with Gasteiger partial charge in [-0.25, -0.2) is 10.4 Å². The first-order valence-corrected chi connectivity index (χ1v) is 20.7. The third kappa shape index (κ3) is 8.87. The first-order valence-electron chi connectivity index (χ1n) is 19.9. The number of hydrogen-bond acceptors (Lipinski definition) is 10. The molecule has 3 atom stereocenters. The summed E-state index contributed by atoms with van der Waals surface area (Å²) >= 11 is 1.47. The summed E-state index contributed by atoms with van der Waals surface area (Å²) < 4.78 is 14.3. The van der Waals surface area contributed by atoms with Crippen LogP contribution >= 0.6 is 11.3 Å². The second-order valence-electron chi connectivity index (χ2n) is 16.2. The lowest BCUT2D eigenvalue weighted by molar-refractivity contribution is -0.155. The summed E-state index contributed by atoms with van der Waals surface area (Å²) in [5.74, 6) is -2.10. The maximum absolute atomic E-state index is 14.3. The van der Waals surface area contributed by atoms with Gasteiger partial charge in [0, 0.05) is 92.2 Å². The fourth-order valence-electron chi connectivity index (χ4n) is 8.02. The number of aromatic nitrogens is 2. The number of nitrogens with one attached hydrogen (secondary N) is 3. The van der Waals surface area contributed by atoms with Gasteiger partial charge in [0.25, 0.3) is 5.91 Å². The van der Waals surface area contributed by atoms with E-state index >= 15 is 0 Å². The van der Waals surface area contributed by atoms with Crippen LogP contribution in [0.2, 0.25) is 0 Å². The number of allylic oxidation sites excluding steroid dienone is 3. The van der Waals surface area contributed by atoms with E-state index in [9.17, 15) is 19.2 Å². The lowest BCUT2D eigenvalue weighted by Crippen LogP contribution is -2.58. The first kappa shape index (κ1) is 41.8. The number of methoxy groups -OCH3 is 1. The van der Waals surface area contributed by atoms with Crippen LogP contribution < -0.4 is 16.1 Å². The highest BCUT2D eigenvalue weighted by molar-refractivity contribution is 7.10. The highest BCUT2D eigenvalue weighted by atomic mass is 32.1. The monoisotopic (exact) mass is 799 g/mol. The van der Waals surface area contributed by atoms with Crippen LogP contribution in [-0.2, 0) is 48.0 Å². The molecule has 0 saturated carbocycles. The Morgan fingerprint density at radius 3 is 2.68 bits per heavy atom. The third-order valence-electron chi connectivity index (χ3n) is 11.1. The van der Waals surface area contributed by atoms with Crippen LogP contribution in [0.25, 0.3) is 27.7 Å². The van der Waals surface area contributed by atoms with Crippen molar-refractivity contribution in [1.29, 1.82) is 0 Å². The van der Waals surface area contributed by atoms with Crippen molar-refractivity contribution in [2.24, 2.45) is 11.3 Å². The summed E-state index contributed by atoms with van der Waals surface area (Å²) in [7, 11) is 3.28. The van der Waals surface area contributed by atoms with Crippen molar-refractivity contribution in [2.45, 2.75) is 92.8 Å². The van der Waals surface area contributed by atoms with Gasteiger partial charge in [-0.05, 0) is 70.2 Å². The Labute approximate surface area is 339 Å².